The Morgan fingerprint density at radius 1 is 0.881 bits per heavy atom. The number of carbonyl (C=O) groups excluding carboxylic acids is 1. The van der Waals surface area contributed by atoms with Gasteiger partial charge in [-0.1, -0.05) is 102 Å². The highest BCUT2D eigenvalue weighted by atomic mass is 16.5. The van der Waals surface area contributed by atoms with Crippen molar-refractivity contribution in [2.75, 3.05) is 0 Å². The second-order valence-electron chi connectivity index (χ2n) is 15.5. The zero-order valence-electron chi connectivity index (χ0n) is 26.9. The minimum absolute atomic E-state index is 0.266. The number of benzene rings is 2. The largest absolute Gasteiger partial charge is 0.423 e. The molecule has 2 heteroatoms. The lowest BCUT2D eigenvalue weighted by atomic mass is 9.46. The van der Waals surface area contributed by atoms with E-state index >= 15 is 0 Å². The van der Waals surface area contributed by atoms with E-state index in [-0.39, 0.29) is 5.97 Å². The maximum Gasteiger partial charge on any atom is 0.343 e. The van der Waals surface area contributed by atoms with Gasteiger partial charge in [-0.05, 0) is 127 Å². The number of ether oxygens (including phenoxy) is 1. The molecule has 2 aromatic rings. The molecule has 3 fully saturated rings. The summed E-state index contributed by atoms with van der Waals surface area (Å²) in [7, 11) is 0. The number of rotatable bonds is 8. The molecule has 0 aliphatic heterocycles. The van der Waals surface area contributed by atoms with Crippen LogP contribution in [-0.2, 0) is 0 Å². The SMILES string of the molecule is CC(C)CCC[C@@H](C)[C@H]1CCC2C3CC=C4CC(c5ccccc5OC(=O)c5ccccc5)CC[C@]4(C)C3CC[C@@]21C. The molecule has 0 amide bonds. The summed E-state index contributed by atoms with van der Waals surface area (Å²) < 4.78 is 6.00. The molecule has 0 saturated heterocycles. The first kappa shape index (κ1) is 29.7. The van der Waals surface area contributed by atoms with Crippen LogP contribution >= 0.6 is 0 Å². The number of esters is 1. The molecular formula is C40H54O2. The Bertz CT molecular complexity index is 1280. The smallest absolute Gasteiger partial charge is 0.343 e. The van der Waals surface area contributed by atoms with Gasteiger partial charge < -0.3 is 4.74 Å². The molecule has 2 nitrogen and oxygen atoms in total. The molecule has 0 aromatic heterocycles. The summed E-state index contributed by atoms with van der Waals surface area (Å²) in [4.78, 5) is 12.9. The summed E-state index contributed by atoms with van der Waals surface area (Å²) in [5, 5.41) is 0. The first-order valence-electron chi connectivity index (χ1n) is 17.3. The molecular weight excluding hydrogens is 512 g/mol. The molecule has 0 N–H and O–H groups in total. The zero-order chi connectivity index (χ0) is 29.5. The monoisotopic (exact) mass is 566 g/mol. The van der Waals surface area contributed by atoms with Crippen LogP contribution in [0.25, 0.3) is 0 Å². The van der Waals surface area contributed by atoms with Crippen molar-refractivity contribution in [3.63, 3.8) is 0 Å². The average Bonchev–Trinajstić information content (AvgIpc) is 3.34. The van der Waals surface area contributed by atoms with E-state index in [1.54, 1.807) is 5.57 Å². The third kappa shape index (κ3) is 5.41. The molecule has 0 radical (unpaired) electrons. The van der Waals surface area contributed by atoms with Gasteiger partial charge in [0.05, 0.1) is 5.56 Å². The van der Waals surface area contributed by atoms with Crippen molar-refractivity contribution in [3.05, 3.63) is 77.4 Å². The molecule has 3 saturated carbocycles. The molecule has 226 valence electrons. The van der Waals surface area contributed by atoms with Crippen molar-refractivity contribution in [3.8, 4) is 5.75 Å². The minimum atomic E-state index is -0.266. The van der Waals surface area contributed by atoms with Crippen LogP contribution < -0.4 is 4.74 Å². The lowest BCUT2D eigenvalue weighted by molar-refractivity contribution is -0.0510. The molecule has 4 unspecified atom stereocenters. The standard InChI is InChI=1S/C40H54O2/c1-27(2)12-11-13-28(3)34-20-21-35-33-19-18-31-26-30(22-24-39(31,4)36(33)23-25-40(34,35)5)32-16-9-10-17-37(32)42-38(41)29-14-7-6-8-15-29/h6-10,14-18,27-28,30,33-36H,11-13,19-26H2,1-5H3/t28-,30?,33?,34-,35?,36?,39+,40-/m1/s1. The summed E-state index contributed by atoms with van der Waals surface area (Å²) in [5.74, 6) is 6.10. The number of para-hydroxylation sites is 1. The lowest BCUT2D eigenvalue weighted by Gasteiger charge is -2.58. The van der Waals surface area contributed by atoms with Gasteiger partial charge in [-0.2, -0.15) is 0 Å². The lowest BCUT2D eigenvalue weighted by Crippen LogP contribution is -2.50. The first-order valence-corrected chi connectivity index (χ1v) is 17.3. The Labute approximate surface area is 255 Å². The van der Waals surface area contributed by atoms with Crippen LogP contribution in [0.3, 0.4) is 0 Å². The van der Waals surface area contributed by atoms with Gasteiger partial charge in [0.2, 0.25) is 0 Å². The quantitative estimate of drug-likeness (QED) is 0.180. The van der Waals surface area contributed by atoms with Crippen molar-refractivity contribution in [2.24, 2.45) is 46.3 Å². The molecule has 0 spiro atoms. The number of fused-ring (bicyclic) bond motifs is 5. The van der Waals surface area contributed by atoms with E-state index < -0.39 is 0 Å². The van der Waals surface area contributed by atoms with Gasteiger partial charge in [-0.15, -0.1) is 0 Å². The summed E-state index contributed by atoms with van der Waals surface area (Å²) >= 11 is 0. The molecule has 6 rings (SSSR count). The van der Waals surface area contributed by atoms with Crippen LogP contribution in [0.2, 0.25) is 0 Å². The van der Waals surface area contributed by atoms with Crippen molar-refractivity contribution >= 4 is 5.97 Å². The van der Waals surface area contributed by atoms with Gasteiger partial charge in [0.25, 0.3) is 0 Å². The zero-order valence-corrected chi connectivity index (χ0v) is 26.9. The fourth-order valence-electron chi connectivity index (χ4n) is 10.6. The van der Waals surface area contributed by atoms with Crippen molar-refractivity contribution in [1.29, 1.82) is 0 Å². The Balaban J connectivity index is 1.16. The van der Waals surface area contributed by atoms with Crippen molar-refractivity contribution in [1.82, 2.24) is 0 Å². The van der Waals surface area contributed by atoms with Crippen LogP contribution in [0.4, 0.5) is 0 Å². The maximum atomic E-state index is 12.9. The normalized spacial score (nSPS) is 34.6. The van der Waals surface area contributed by atoms with Crippen molar-refractivity contribution < 1.29 is 9.53 Å². The molecule has 8 atom stereocenters. The number of hydrogen-bond donors (Lipinski definition) is 0. The highest BCUT2D eigenvalue weighted by molar-refractivity contribution is 5.91. The Morgan fingerprint density at radius 2 is 1.64 bits per heavy atom. The van der Waals surface area contributed by atoms with Gasteiger partial charge in [-0.25, -0.2) is 4.79 Å². The maximum absolute atomic E-state index is 12.9. The van der Waals surface area contributed by atoms with Gasteiger partial charge in [0.15, 0.2) is 0 Å². The molecule has 42 heavy (non-hydrogen) atoms. The van der Waals surface area contributed by atoms with Crippen LogP contribution in [0.15, 0.2) is 66.2 Å². The Morgan fingerprint density at radius 3 is 2.43 bits per heavy atom. The molecule has 4 aliphatic rings. The number of carbonyl (C=O) groups is 1. The predicted molar refractivity (Wildman–Crippen MR) is 174 cm³/mol. The van der Waals surface area contributed by atoms with Crippen LogP contribution in [-0.4, -0.2) is 5.97 Å². The minimum Gasteiger partial charge on any atom is -0.423 e. The van der Waals surface area contributed by atoms with Gasteiger partial charge in [0.1, 0.15) is 5.75 Å². The van der Waals surface area contributed by atoms with E-state index in [2.05, 4.69) is 52.8 Å². The van der Waals surface area contributed by atoms with E-state index in [9.17, 15) is 4.79 Å². The van der Waals surface area contributed by atoms with E-state index in [4.69, 9.17) is 4.74 Å². The van der Waals surface area contributed by atoms with E-state index in [1.807, 2.05) is 42.5 Å². The number of allylic oxidation sites excluding steroid dienone is 2. The van der Waals surface area contributed by atoms with Gasteiger partial charge in [-0.3, -0.25) is 0 Å². The van der Waals surface area contributed by atoms with Gasteiger partial charge in [0, 0.05) is 0 Å². The van der Waals surface area contributed by atoms with Crippen LogP contribution in [0.1, 0.15) is 127 Å². The second-order valence-corrected chi connectivity index (χ2v) is 15.5. The van der Waals surface area contributed by atoms with Crippen LogP contribution in [0, 0.1) is 46.3 Å². The highest BCUT2D eigenvalue weighted by Crippen LogP contribution is 2.68. The predicted octanol–water partition coefficient (Wildman–Crippen LogP) is 11.0. The van der Waals surface area contributed by atoms with E-state index in [0.29, 0.717) is 22.3 Å². The van der Waals surface area contributed by atoms with Crippen molar-refractivity contribution in [2.45, 2.75) is 111 Å². The van der Waals surface area contributed by atoms with E-state index in [1.165, 1.54) is 69.8 Å². The molecule has 4 aliphatic carbocycles. The van der Waals surface area contributed by atoms with Crippen LogP contribution in [0.5, 0.6) is 5.75 Å². The van der Waals surface area contributed by atoms with Gasteiger partial charge >= 0.3 is 5.97 Å². The van der Waals surface area contributed by atoms with E-state index in [0.717, 1.165) is 47.7 Å². The summed E-state index contributed by atoms with van der Waals surface area (Å²) in [6, 6.07) is 17.6. The Hall–Kier alpha value is -2.35. The summed E-state index contributed by atoms with van der Waals surface area (Å²) in [6.07, 6.45) is 17.5. The fraction of sp³-hybridized carbons (Fsp3) is 0.625. The molecule has 0 bridgehead atoms. The molecule has 2 aromatic carbocycles. The Kier molecular flexibility index (Phi) is 8.47. The molecule has 0 heterocycles. The average molecular weight is 567 g/mol. The second kappa shape index (κ2) is 12.0. The highest BCUT2D eigenvalue weighted by Gasteiger charge is 2.59. The topological polar surface area (TPSA) is 26.3 Å². The first-order chi connectivity index (χ1) is 20.2. The fourth-order valence-corrected chi connectivity index (χ4v) is 10.6. The third-order valence-electron chi connectivity index (χ3n) is 12.9. The third-order valence-corrected chi connectivity index (χ3v) is 12.9. The summed E-state index contributed by atoms with van der Waals surface area (Å²) in [5.41, 5.74) is 4.38. The number of hydrogen-bond acceptors (Lipinski definition) is 2. The summed E-state index contributed by atoms with van der Waals surface area (Å²) in [6.45, 7) is 12.7.